The van der Waals surface area contributed by atoms with Crippen LogP contribution in [0.2, 0.25) is 0 Å². The van der Waals surface area contributed by atoms with Gasteiger partial charge in [0.15, 0.2) is 0 Å². The maximum atomic E-state index is 9.78. The van der Waals surface area contributed by atoms with Gasteiger partial charge in [0, 0.05) is 0 Å². The number of rotatable bonds is 5. The van der Waals surface area contributed by atoms with Gasteiger partial charge in [-0.1, -0.05) is 26.7 Å². The first-order valence-corrected chi connectivity index (χ1v) is 5.81. The highest BCUT2D eigenvalue weighted by Crippen LogP contribution is 2.28. The Morgan fingerprint density at radius 1 is 1.43 bits per heavy atom. The third-order valence-corrected chi connectivity index (χ3v) is 2.86. The van der Waals surface area contributed by atoms with Gasteiger partial charge >= 0.3 is 0 Å². The summed E-state index contributed by atoms with van der Waals surface area (Å²) in [6.45, 7) is 4.38. The van der Waals surface area contributed by atoms with Gasteiger partial charge in [-0.25, -0.2) is 0 Å². The van der Waals surface area contributed by atoms with Crippen molar-refractivity contribution in [2.45, 2.75) is 39.2 Å². The minimum atomic E-state index is -0.474. The molecule has 0 bridgehead atoms. The molecule has 0 aliphatic rings. The molecular weight excluding hydrogens is 244 g/mol. The van der Waals surface area contributed by atoms with Crippen molar-refractivity contribution >= 4 is 15.9 Å². The number of furan rings is 1. The Morgan fingerprint density at radius 3 is 2.64 bits per heavy atom. The van der Waals surface area contributed by atoms with Crippen LogP contribution in [0.4, 0.5) is 0 Å². The number of hydrogen-bond acceptors (Lipinski definition) is 2. The van der Waals surface area contributed by atoms with Gasteiger partial charge in [0.1, 0.15) is 11.9 Å². The molecule has 0 radical (unpaired) electrons. The molecule has 1 rings (SSSR count). The molecule has 80 valence electrons. The highest BCUT2D eigenvalue weighted by molar-refractivity contribution is 9.10. The fourth-order valence-corrected chi connectivity index (χ4v) is 1.86. The van der Waals surface area contributed by atoms with Gasteiger partial charge < -0.3 is 9.52 Å². The van der Waals surface area contributed by atoms with Crippen molar-refractivity contribution in [3.05, 3.63) is 22.6 Å². The smallest absolute Gasteiger partial charge is 0.146 e. The Morgan fingerprint density at radius 2 is 2.14 bits per heavy atom. The minimum absolute atomic E-state index is 0.474. The topological polar surface area (TPSA) is 33.4 Å². The van der Waals surface area contributed by atoms with Crippen molar-refractivity contribution in [1.29, 1.82) is 0 Å². The molecule has 0 spiro atoms. The van der Waals surface area contributed by atoms with Crippen LogP contribution in [-0.2, 0) is 0 Å². The Hall–Kier alpha value is -0.280. The Bertz CT molecular complexity index is 268. The lowest BCUT2D eigenvalue weighted by Crippen LogP contribution is -1.97. The van der Waals surface area contributed by atoms with Crippen LogP contribution in [0.5, 0.6) is 0 Å². The average molecular weight is 261 g/mol. The second kappa shape index (κ2) is 5.56. The molecule has 3 heteroatoms. The monoisotopic (exact) mass is 260 g/mol. The SMILES string of the molecule is CC(C)CCCC(O)c1occc1Br. The zero-order valence-electron chi connectivity index (χ0n) is 8.66. The largest absolute Gasteiger partial charge is 0.465 e. The van der Waals surface area contributed by atoms with Crippen LogP contribution in [0.25, 0.3) is 0 Å². The van der Waals surface area contributed by atoms with Crippen molar-refractivity contribution in [3.8, 4) is 0 Å². The van der Waals surface area contributed by atoms with E-state index in [4.69, 9.17) is 4.42 Å². The molecule has 0 aliphatic carbocycles. The molecule has 1 N–H and O–H groups in total. The third-order valence-electron chi connectivity index (χ3n) is 2.21. The second-order valence-electron chi connectivity index (χ2n) is 3.97. The van der Waals surface area contributed by atoms with E-state index < -0.39 is 6.10 Å². The molecule has 0 aromatic carbocycles. The van der Waals surface area contributed by atoms with Crippen LogP contribution in [0, 0.1) is 5.92 Å². The summed E-state index contributed by atoms with van der Waals surface area (Å²) in [5.41, 5.74) is 0. The maximum absolute atomic E-state index is 9.78. The summed E-state index contributed by atoms with van der Waals surface area (Å²) in [6.07, 6.45) is 4.06. The van der Waals surface area contributed by atoms with Crippen LogP contribution in [0.15, 0.2) is 21.2 Å². The highest BCUT2D eigenvalue weighted by atomic mass is 79.9. The maximum Gasteiger partial charge on any atom is 0.146 e. The van der Waals surface area contributed by atoms with E-state index >= 15 is 0 Å². The number of halogens is 1. The number of aliphatic hydroxyl groups is 1. The standard InChI is InChI=1S/C11H17BrO2/c1-8(2)4-3-5-10(13)11-9(12)6-7-14-11/h6-8,10,13H,3-5H2,1-2H3. The lowest BCUT2D eigenvalue weighted by molar-refractivity contribution is 0.134. The quantitative estimate of drug-likeness (QED) is 0.871. The molecule has 0 saturated heterocycles. The van der Waals surface area contributed by atoms with E-state index in [1.54, 1.807) is 12.3 Å². The Kier molecular flexibility index (Phi) is 4.69. The average Bonchev–Trinajstić information content (AvgIpc) is 2.50. The van der Waals surface area contributed by atoms with E-state index in [2.05, 4.69) is 29.8 Å². The van der Waals surface area contributed by atoms with Crippen molar-refractivity contribution < 1.29 is 9.52 Å². The summed E-state index contributed by atoms with van der Waals surface area (Å²) in [4.78, 5) is 0. The van der Waals surface area contributed by atoms with E-state index in [0.717, 1.165) is 23.7 Å². The fourth-order valence-electron chi connectivity index (χ4n) is 1.39. The van der Waals surface area contributed by atoms with Crippen molar-refractivity contribution in [3.63, 3.8) is 0 Å². The lowest BCUT2D eigenvalue weighted by Gasteiger charge is -2.09. The van der Waals surface area contributed by atoms with E-state index in [9.17, 15) is 5.11 Å². The van der Waals surface area contributed by atoms with E-state index in [-0.39, 0.29) is 0 Å². The lowest BCUT2D eigenvalue weighted by atomic mass is 10.0. The van der Waals surface area contributed by atoms with E-state index in [1.165, 1.54) is 0 Å². The summed E-state index contributed by atoms with van der Waals surface area (Å²) in [7, 11) is 0. The minimum Gasteiger partial charge on any atom is -0.465 e. The van der Waals surface area contributed by atoms with Gasteiger partial charge in [-0.15, -0.1) is 0 Å². The van der Waals surface area contributed by atoms with Crippen molar-refractivity contribution in [2.75, 3.05) is 0 Å². The molecule has 2 nitrogen and oxygen atoms in total. The predicted molar refractivity (Wildman–Crippen MR) is 60.1 cm³/mol. The van der Waals surface area contributed by atoms with Gasteiger partial charge in [-0.05, 0) is 34.3 Å². The van der Waals surface area contributed by atoms with Crippen LogP contribution >= 0.6 is 15.9 Å². The van der Waals surface area contributed by atoms with Crippen molar-refractivity contribution in [2.24, 2.45) is 5.92 Å². The van der Waals surface area contributed by atoms with Gasteiger partial charge in [-0.2, -0.15) is 0 Å². The second-order valence-corrected chi connectivity index (χ2v) is 4.83. The first kappa shape index (κ1) is 11.8. The first-order chi connectivity index (χ1) is 6.61. The van der Waals surface area contributed by atoms with Crippen LogP contribution in [0.3, 0.4) is 0 Å². The molecule has 0 aliphatic heterocycles. The molecule has 0 fully saturated rings. The van der Waals surface area contributed by atoms with Crippen LogP contribution in [-0.4, -0.2) is 5.11 Å². The van der Waals surface area contributed by atoms with E-state index in [1.807, 2.05) is 0 Å². The van der Waals surface area contributed by atoms with Gasteiger partial charge in [0.05, 0.1) is 10.7 Å². The summed E-state index contributed by atoms with van der Waals surface area (Å²) >= 11 is 3.33. The summed E-state index contributed by atoms with van der Waals surface area (Å²) in [6, 6.07) is 1.81. The molecule has 0 amide bonds. The molecule has 1 unspecified atom stereocenters. The summed E-state index contributed by atoms with van der Waals surface area (Å²) in [5.74, 6) is 1.34. The van der Waals surface area contributed by atoms with E-state index in [0.29, 0.717) is 11.7 Å². The molecule has 1 aromatic heterocycles. The predicted octanol–water partition coefficient (Wildman–Crippen LogP) is 3.90. The Balaban J connectivity index is 2.36. The molecule has 0 saturated carbocycles. The van der Waals surface area contributed by atoms with Crippen LogP contribution in [0.1, 0.15) is 45.0 Å². The molecular formula is C11H17BrO2. The van der Waals surface area contributed by atoms with Crippen LogP contribution < -0.4 is 0 Å². The number of aliphatic hydroxyl groups excluding tert-OH is 1. The molecule has 1 aromatic rings. The zero-order chi connectivity index (χ0) is 10.6. The van der Waals surface area contributed by atoms with Gasteiger partial charge in [0.2, 0.25) is 0 Å². The third kappa shape index (κ3) is 3.46. The summed E-state index contributed by atoms with van der Waals surface area (Å²) in [5, 5.41) is 9.78. The first-order valence-electron chi connectivity index (χ1n) is 5.02. The normalized spacial score (nSPS) is 13.5. The van der Waals surface area contributed by atoms with Gasteiger partial charge in [0.25, 0.3) is 0 Å². The van der Waals surface area contributed by atoms with Crippen molar-refractivity contribution in [1.82, 2.24) is 0 Å². The summed E-state index contributed by atoms with van der Waals surface area (Å²) < 4.78 is 6.04. The van der Waals surface area contributed by atoms with Gasteiger partial charge in [-0.3, -0.25) is 0 Å². The molecule has 1 atom stereocenters. The molecule has 1 heterocycles. The molecule has 14 heavy (non-hydrogen) atoms. The Labute approximate surface area is 93.4 Å². The zero-order valence-corrected chi connectivity index (χ0v) is 10.3. The fraction of sp³-hybridized carbons (Fsp3) is 0.636. The number of hydrogen-bond donors (Lipinski definition) is 1. The highest BCUT2D eigenvalue weighted by Gasteiger charge is 2.14.